The molecule has 2 aromatic heterocycles. The molecule has 0 bridgehead atoms. The number of hydrogen-bond acceptors (Lipinski definition) is 7. The van der Waals surface area contributed by atoms with Gasteiger partial charge >= 0.3 is 5.97 Å². The maximum absolute atomic E-state index is 11.6. The van der Waals surface area contributed by atoms with E-state index in [9.17, 15) is 4.79 Å². The zero-order valence-corrected chi connectivity index (χ0v) is 19.6. The Morgan fingerprint density at radius 2 is 1.77 bits per heavy atom. The van der Waals surface area contributed by atoms with Gasteiger partial charge in [0.2, 0.25) is 11.8 Å². The Morgan fingerprint density at radius 3 is 2.54 bits per heavy atom. The second-order valence-electron chi connectivity index (χ2n) is 7.59. The number of hydrogen-bond donors (Lipinski definition) is 0. The molecule has 0 radical (unpaired) electrons. The zero-order chi connectivity index (χ0) is 24.5. The van der Waals surface area contributed by atoms with Gasteiger partial charge < -0.3 is 18.6 Å². The Morgan fingerprint density at radius 1 is 0.971 bits per heavy atom. The van der Waals surface area contributed by atoms with Gasteiger partial charge in [-0.15, -0.1) is 0 Å². The van der Waals surface area contributed by atoms with E-state index in [2.05, 4.69) is 9.97 Å². The van der Waals surface area contributed by atoms with Crippen LogP contribution in [0.5, 0.6) is 11.6 Å². The second kappa shape index (κ2) is 11.7. The van der Waals surface area contributed by atoms with Gasteiger partial charge in [-0.1, -0.05) is 30.3 Å². The summed E-state index contributed by atoms with van der Waals surface area (Å²) in [6.07, 6.45) is 4.63. The highest BCUT2D eigenvalue weighted by atomic mass is 16.5. The van der Waals surface area contributed by atoms with Crippen LogP contribution < -0.4 is 9.47 Å². The van der Waals surface area contributed by atoms with Gasteiger partial charge in [0, 0.05) is 23.4 Å². The van der Waals surface area contributed by atoms with Crippen molar-refractivity contribution in [3.8, 4) is 23.1 Å². The molecule has 4 rings (SSSR count). The molecule has 178 valence electrons. The van der Waals surface area contributed by atoms with Crippen molar-refractivity contribution < 1.29 is 23.4 Å². The molecule has 0 aliphatic rings. The molecule has 0 aliphatic heterocycles. The molecule has 4 aromatic rings. The maximum atomic E-state index is 11.6. The predicted molar refractivity (Wildman–Crippen MR) is 132 cm³/mol. The predicted octanol–water partition coefficient (Wildman–Crippen LogP) is 5.78. The molecule has 35 heavy (non-hydrogen) atoms. The summed E-state index contributed by atoms with van der Waals surface area (Å²) >= 11 is 0. The summed E-state index contributed by atoms with van der Waals surface area (Å²) in [5.74, 6) is 2.06. The summed E-state index contributed by atoms with van der Waals surface area (Å²) in [5, 5.41) is 0. The van der Waals surface area contributed by atoms with E-state index in [1.165, 1.54) is 6.08 Å². The van der Waals surface area contributed by atoms with Gasteiger partial charge in [-0.25, -0.2) is 14.8 Å². The summed E-state index contributed by atoms with van der Waals surface area (Å²) in [4.78, 5) is 20.4. The van der Waals surface area contributed by atoms with Crippen molar-refractivity contribution in [1.82, 2.24) is 9.97 Å². The van der Waals surface area contributed by atoms with Crippen LogP contribution in [-0.2, 0) is 22.7 Å². The summed E-state index contributed by atoms with van der Waals surface area (Å²) < 4.78 is 22.5. The summed E-state index contributed by atoms with van der Waals surface area (Å²) in [6, 6.07) is 21.0. The Balaban J connectivity index is 1.33. The number of aromatic nitrogens is 2. The van der Waals surface area contributed by atoms with Crippen LogP contribution in [0.4, 0.5) is 0 Å². The largest absolute Gasteiger partial charge is 0.487 e. The molecule has 0 amide bonds. The van der Waals surface area contributed by atoms with E-state index < -0.39 is 5.97 Å². The number of carbonyl (C=O) groups excluding carboxylic acids is 1. The monoisotopic (exact) mass is 470 g/mol. The average molecular weight is 471 g/mol. The minimum atomic E-state index is -0.407. The molecular weight excluding hydrogens is 444 g/mol. The summed E-state index contributed by atoms with van der Waals surface area (Å²) in [7, 11) is 0. The van der Waals surface area contributed by atoms with Crippen molar-refractivity contribution in [2.75, 3.05) is 6.61 Å². The van der Waals surface area contributed by atoms with E-state index in [1.807, 2.05) is 67.6 Å². The SMILES string of the molecule is CCOC(=O)C=Cc1cccnc1OCc1ccc(OCc2nc(-c3ccccc3)oc2C)cc1. The molecule has 0 unspecified atom stereocenters. The van der Waals surface area contributed by atoms with Crippen LogP contribution in [0, 0.1) is 6.92 Å². The third kappa shape index (κ3) is 6.57. The lowest BCUT2D eigenvalue weighted by atomic mass is 10.2. The molecule has 0 N–H and O–H groups in total. The Bertz CT molecular complexity index is 1280. The van der Waals surface area contributed by atoms with Crippen molar-refractivity contribution in [1.29, 1.82) is 0 Å². The fourth-order valence-electron chi connectivity index (χ4n) is 3.25. The lowest BCUT2D eigenvalue weighted by Gasteiger charge is -2.09. The number of benzene rings is 2. The number of ether oxygens (including phenoxy) is 3. The van der Waals surface area contributed by atoms with Crippen molar-refractivity contribution >= 4 is 12.0 Å². The molecule has 0 saturated heterocycles. The van der Waals surface area contributed by atoms with Crippen LogP contribution in [0.1, 0.15) is 29.5 Å². The van der Waals surface area contributed by atoms with E-state index in [0.29, 0.717) is 42.9 Å². The first kappa shape index (κ1) is 23.8. The van der Waals surface area contributed by atoms with Crippen molar-refractivity contribution in [2.45, 2.75) is 27.1 Å². The molecule has 0 aliphatic carbocycles. The first-order valence-corrected chi connectivity index (χ1v) is 11.3. The summed E-state index contributed by atoms with van der Waals surface area (Å²) in [5.41, 5.74) is 3.33. The first-order valence-electron chi connectivity index (χ1n) is 11.3. The van der Waals surface area contributed by atoms with Crippen molar-refractivity contribution in [3.05, 3.63) is 102 Å². The van der Waals surface area contributed by atoms with Gasteiger partial charge in [-0.3, -0.25) is 0 Å². The molecule has 2 heterocycles. The highest BCUT2D eigenvalue weighted by Crippen LogP contribution is 2.23. The van der Waals surface area contributed by atoms with Gasteiger partial charge in [0.1, 0.15) is 30.4 Å². The molecule has 0 saturated carbocycles. The van der Waals surface area contributed by atoms with Gasteiger partial charge in [-0.2, -0.15) is 0 Å². The van der Waals surface area contributed by atoms with E-state index in [1.54, 1.807) is 25.3 Å². The number of oxazole rings is 1. The quantitative estimate of drug-likeness (QED) is 0.215. The highest BCUT2D eigenvalue weighted by molar-refractivity contribution is 5.87. The topological polar surface area (TPSA) is 83.7 Å². The Kier molecular flexibility index (Phi) is 7.91. The molecule has 0 fully saturated rings. The first-order chi connectivity index (χ1) is 17.1. The minimum Gasteiger partial charge on any atom is -0.487 e. The molecule has 0 atom stereocenters. The fourth-order valence-corrected chi connectivity index (χ4v) is 3.25. The average Bonchev–Trinajstić information content (AvgIpc) is 3.27. The minimum absolute atomic E-state index is 0.308. The third-order valence-corrected chi connectivity index (χ3v) is 5.07. The highest BCUT2D eigenvalue weighted by Gasteiger charge is 2.12. The second-order valence-corrected chi connectivity index (χ2v) is 7.59. The third-order valence-electron chi connectivity index (χ3n) is 5.07. The lowest BCUT2D eigenvalue weighted by Crippen LogP contribution is -2.01. The van der Waals surface area contributed by atoms with Crippen LogP contribution in [0.3, 0.4) is 0 Å². The number of rotatable bonds is 10. The number of aryl methyl sites for hydroxylation is 1. The normalized spacial score (nSPS) is 10.9. The summed E-state index contributed by atoms with van der Waals surface area (Å²) in [6.45, 7) is 4.60. The van der Waals surface area contributed by atoms with Crippen molar-refractivity contribution in [2.24, 2.45) is 0 Å². The number of nitrogens with zero attached hydrogens (tertiary/aromatic N) is 2. The van der Waals surface area contributed by atoms with E-state index in [4.69, 9.17) is 18.6 Å². The smallest absolute Gasteiger partial charge is 0.330 e. The molecule has 7 heteroatoms. The van der Waals surface area contributed by atoms with Gasteiger partial charge in [0.05, 0.1) is 6.61 Å². The molecule has 0 spiro atoms. The van der Waals surface area contributed by atoms with E-state index in [0.717, 1.165) is 22.6 Å². The Hall–Kier alpha value is -4.39. The van der Waals surface area contributed by atoms with Gasteiger partial charge in [0.15, 0.2) is 0 Å². The van der Waals surface area contributed by atoms with E-state index in [-0.39, 0.29) is 0 Å². The Labute approximate surface area is 204 Å². The van der Waals surface area contributed by atoms with Crippen LogP contribution in [0.15, 0.2) is 83.4 Å². The number of pyridine rings is 1. The number of carbonyl (C=O) groups is 1. The molecular formula is C28H26N2O5. The van der Waals surface area contributed by atoms with Crippen molar-refractivity contribution in [3.63, 3.8) is 0 Å². The maximum Gasteiger partial charge on any atom is 0.330 e. The van der Waals surface area contributed by atoms with Crippen LogP contribution in [0.2, 0.25) is 0 Å². The van der Waals surface area contributed by atoms with Crippen LogP contribution >= 0.6 is 0 Å². The van der Waals surface area contributed by atoms with Gasteiger partial charge in [-0.05, 0) is 61.9 Å². The van der Waals surface area contributed by atoms with E-state index >= 15 is 0 Å². The fraction of sp³-hybridized carbons (Fsp3) is 0.179. The van der Waals surface area contributed by atoms with Gasteiger partial charge in [0.25, 0.3) is 0 Å². The molecule has 7 nitrogen and oxygen atoms in total. The number of esters is 1. The standard InChI is InChI=1S/C28H26N2O5/c1-3-32-26(31)16-13-23-10-7-17-29-27(23)34-18-21-11-14-24(15-12-21)33-19-25-20(2)35-28(30-25)22-8-5-4-6-9-22/h4-17H,3,18-19H2,1-2H3. The van der Waals surface area contributed by atoms with Crippen LogP contribution in [-0.4, -0.2) is 22.5 Å². The lowest BCUT2D eigenvalue weighted by molar-refractivity contribution is -0.137. The molecule has 2 aromatic carbocycles. The zero-order valence-electron chi connectivity index (χ0n) is 19.6. The van der Waals surface area contributed by atoms with Crippen LogP contribution in [0.25, 0.3) is 17.5 Å².